The van der Waals surface area contributed by atoms with Crippen LogP contribution in [0.1, 0.15) is 6.42 Å². The molecule has 0 bridgehead atoms. The van der Waals surface area contributed by atoms with Crippen molar-refractivity contribution in [3.8, 4) is 6.07 Å². The van der Waals surface area contributed by atoms with Crippen molar-refractivity contribution in [2.75, 3.05) is 60.0 Å². The van der Waals surface area contributed by atoms with Crippen molar-refractivity contribution in [3.63, 3.8) is 0 Å². The number of hydrogen-bond acceptors (Lipinski definition) is 7. The first-order valence-corrected chi connectivity index (χ1v) is 8.37. The van der Waals surface area contributed by atoms with Gasteiger partial charge in [-0.1, -0.05) is 18.2 Å². The Morgan fingerprint density at radius 2 is 1.69 bits per heavy atom. The number of rotatable bonds is 14. The van der Waals surface area contributed by atoms with Gasteiger partial charge in [0.25, 0.3) is 0 Å². The Bertz CT molecular complexity index is 366. The van der Waals surface area contributed by atoms with Gasteiger partial charge in [-0.05, 0) is 0 Å². The molecule has 150 valence electrons. The minimum absolute atomic E-state index is 0.305. The molecule has 0 aromatic carbocycles. The Kier molecular flexibility index (Phi) is 24.1. The van der Waals surface area contributed by atoms with Crippen LogP contribution in [0.5, 0.6) is 0 Å². The number of hydrogen-bond donors (Lipinski definition) is 1. The average Bonchev–Trinajstić information content (AvgIpc) is 3.45. The number of methoxy groups -OCH3 is 1. The number of aliphatic hydroxyl groups is 1. The predicted molar refractivity (Wildman–Crippen MR) is 101 cm³/mol. The fourth-order valence-corrected chi connectivity index (χ4v) is 1.26. The topological polar surface area (TPSA) is 93.5 Å². The molecule has 0 aromatic rings. The molecular formula is C19H33NO6. The molecule has 0 spiro atoms. The zero-order chi connectivity index (χ0) is 19.9. The van der Waals surface area contributed by atoms with Gasteiger partial charge in [0.1, 0.15) is 12.2 Å². The molecule has 7 heteroatoms. The minimum Gasteiger partial charge on any atom is -0.388 e. The maximum atomic E-state index is 8.99. The summed E-state index contributed by atoms with van der Waals surface area (Å²) in [5, 5.41) is 17.0. The van der Waals surface area contributed by atoms with Crippen LogP contribution in [0.25, 0.3) is 0 Å². The normalized spacial score (nSPS) is 15.2. The maximum Gasteiger partial charge on any atom is 0.104 e. The van der Waals surface area contributed by atoms with Crippen molar-refractivity contribution in [1.29, 1.82) is 5.26 Å². The molecule has 1 heterocycles. The van der Waals surface area contributed by atoms with Gasteiger partial charge in [0.05, 0.1) is 65.3 Å². The highest BCUT2D eigenvalue weighted by Crippen LogP contribution is 2.07. The van der Waals surface area contributed by atoms with Gasteiger partial charge in [0, 0.05) is 7.11 Å². The van der Waals surface area contributed by atoms with Gasteiger partial charge in [-0.3, -0.25) is 0 Å². The molecule has 1 N–H and O–H groups in total. The molecular weight excluding hydrogens is 338 g/mol. The van der Waals surface area contributed by atoms with Gasteiger partial charge in [-0.25, -0.2) is 0 Å². The number of epoxide rings is 1. The quantitative estimate of drug-likeness (QED) is 0.283. The molecule has 1 aliphatic heterocycles. The van der Waals surface area contributed by atoms with Gasteiger partial charge in [0.15, 0.2) is 0 Å². The van der Waals surface area contributed by atoms with Crippen LogP contribution in [0, 0.1) is 11.3 Å². The van der Waals surface area contributed by atoms with Gasteiger partial charge in [-0.15, -0.1) is 19.7 Å². The lowest BCUT2D eigenvalue weighted by Gasteiger charge is -2.07. The van der Waals surface area contributed by atoms with Crippen LogP contribution in [-0.2, 0) is 23.7 Å². The van der Waals surface area contributed by atoms with Crippen LogP contribution < -0.4 is 0 Å². The lowest BCUT2D eigenvalue weighted by Crippen LogP contribution is -2.20. The van der Waals surface area contributed by atoms with Crippen molar-refractivity contribution >= 4 is 0 Å². The van der Waals surface area contributed by atoms with Crippen molar-refractivity contribution < 1.29 is 28.8 Å². The van der Waals surface area contributed by atoms with E-state index < -0.39 is 6.10 Å². The highest BCUT2D eigenvalue weighted by Gasteiger charge is 2.21. The van der Waals surface area contributed by atoms with Crippen LogP contribution in [-0.4, -0.2) is 77.3 Å². The summed E-state index contributed by atoms with van der Waals surface area (Å²) in [6, 6.07) is 1.97. The summed E-state index contributed by atoms with van der Waals surface area (Å²) >= 11 is 0. The standard InChI is InChI=1S/C7H14O3.C6H9NO.C6H10O2/c1-3-4-10-6-7(8)5-9-2;1-2-5-8-6-3-4-7;1-2-3-7-4-6-5-8-6/h3,7-8H,1,4-6H2,2H3;2H,1,3,5-6H2;2,6H,1,3-5H2. The zero-order valence-corrected chi connectivity index (χ0v) is 15.8. The summed E-state index contributed by atoms with van der Waals surface area (Å²) in [5.41, 5.74) is 0. The summed E-state index contributed by atoms with van der Waals surface area (Å²) < 4.78 is 24.5. The SMILES string of the molecule is C=CCOCC(O)COC.C=CCOCC1CO1.C=CCOCCC#N. The van der Waals surface area contributed by atoms with E-state index in [1.165, 1.54) is 7.11 Å². The van der Waals surface area contributed by atoms with Crippen molar-refractivity contribution in [3.05, 3.63) is 38.0 Å². The van der Waals surface area contributed by atoms with Crippen LogP contribution in [0.4, 0.5) is 0 Å². The molecule has 26 heavy (non-hydrogen) atoms. The van der Waals surface area contributed by atoms with E-state index in [0.717, 1.165) is 13.2 Å². The number of nitrogens with zero attached hydrogens (tertiary/aromatic N) is 1. The summed E-state index contributed by atoms with van der Waals surface area (Å²) in [5.74, 6) is 0. The molecule has 1 rings (SSSR count). The summed E-state index contributed by atoms with van der Waals surface area (Å²) in [6.45, 7) is 14.8. The van der Waals surface area contributed by atoms with Gasteiger partial charge < -0.3 is 28.8 Å². The van der Waals surface area contributed by atoms with Crippen LogP contribution in [0.15, 0.2) is 38.0 Å². The first kappa shape index (κ1) is 26.7. The average molecular weight is 371 g/mol. The van der Waals surface area contributed by atoms with E-state index >= 15 is 0 Å². The third kappa shape index (κ3) is 27.3. The number of aliphatic hydroxyl groups excluding tert-OH is 1. The third-order valence-electron chi connectivity index (χ3n) is 2.44. The molecule has 1 fully saturated rings. The van der Waals surface area contributed by atoms with Crippen molar-refractivity contribution in [1.82, 2.24) is 0 Å². The Morgan fingerprint density at radius 1 is 1.12 bits per heavy atom. The molecule has 0 aliphatic carbocycles. The lowest BCUT2D eigenvalue weighted by molar-refractivity contribution is 0.00121. The zero-order valence-electron chi connectivity index (χ0n) is 15.8. The van der Waals surface area contributed by atoms with Gasteiger partial charge in [-0.2, -0.15) is 5.26 Å². The van der Waals surface area contributed by atoms with E-state index in [1.54, 1.807) is 18.2 Å². The third-order valence-corrected chi connectivity index (χ3v) is 2.44. The molecule has 0 saturated carbocycles. The molecule has 7 nitrogen and oxygen atoms in total. The lowest BCUT2D eigenvalue weighted by atomic mass is 10.4. The molecule has 1 saturated heterocycles. The van der Waals surface area contributed by atoms with E-state index in [1.807, 2.05) is 6.07 Å². The molecule has 2 unspecified atom stereocenters. The largest absolute Gasteiger partial charge is 0.388 e. The van der Waals surface area contributed by atoms with Crippen molar-refractivity contribution in [2.45, 2.75) is 18.6 Å². The molecule has 1 aliphatic rings. The summed E-state index contributed by atoms with van der Waals surface area (Å²) in [6.07, 6.45) is 5.37. The summed E-state index contributed by atoms with van der Waals surface area (Å²) in [4.78, 5) is 0. The highest BCUT2D eigenvalue weighted by molar-refractivity contribution is 4.70. The predicted octanol–water partition coefficient (Wildman–Crippen LogP) is 1.89. The highest BCUT2D eigenvalue weighted by atomic mass is 16.6. The van der Waals surface area contributed by atoms with E-state index in [4.69, 9.17) is 29.3 Å². The van der Waals surface area contributed by atoms with Crippen LogP contribution in [0.3, 0.4) is 0 Å². The Hall–Kier alpha value is -1.53. The first-order valence-electron chi connectivity index (χ1n) is 8.37. The molecule has 2 atom stereocenters. The van der Waals surface area contributed by atoms with Gasteiger partial charge >= 0.3 is 0 Å². The maximum absolute atomic E-state index is 8.99. The molecule has 0 radical (unpaired) electrons. The Labute approximate surface area is 157 Å². The number of nitriles is 1. The fraction of sp³-hybridized carbons (Fsp3) is 0.632. The monoisotopic (exact) mass is 371 g/mol. The molecule has 0 amide bonds. The summed E-state index contributed by atoms with van der Waals surface area (Å²) in [7, 11) is 1.54. The fourth-order valence-electron chi connectivity index (χ4n) is 1.26. The first-order chi connectivity index (χ1) is 12.7. The van der Waals surface area contributed by atoms with E-state index in [9.17, 15) is 0 Å². The number of ether oxygens (including phenoxy) is 5. The minimum atomic E-state index is -0.523. The van der Waals surface area contributed by atoms with Crippen molar-refractivity contribution in [2.24, 2.45) is 0 Å². The second-order valence-electron chi connectivity index (χ2n) is 4.99. The van der Waals surface area contributed by atoms with Crippen LogP contribution in [0.2, 0.25) is 0 Å². The molecule has 0 aromatic heterocycles. The Balaban J connectivity index is 0. The van der Waals surface area contributed by atoms with E-state index in [2.05, 4.69) is 24.5 Å². The second kappa shape index (κ2) is 23.5. The van der Waals surface area contributed by atoms with E-state index in [-0.39, 0.29) is 0 Å². The van der Waals surface area contributed by atoms with E-state index in [0.29, 0.717) is 52.2 Å². The van der Waals surface area contributed by atoms with Gasteiger partial charge in [0.2, 0.25) is 0 Å². The second-order valence-corrected chi connectivity index (χ2v) is 4.99. The smallest absolute Gasteiger partial charge is 0.104 e. The van der Waals surface area contributed by atoms with Crippen LogP contribution >= 0.6 is 0 Å². The Morgan fingerprint density at radius 3 is 2.19 bits per heavy atom.